The Morgan fingerprint density at radius 3 is 2.63 bits per heavy atom. The van der Waals surface area contributed by atoms with Crippen molar-refractivity contribution in [2.75, 3.05) is 6.54 Å². The lowest BCUT2D eigenvalue weighted by Crippen LogP contribution is -2.31. The van der Waals surface area contributed by atoms with Crippen molar-refractivity contribution in [2.45, 2.75) is 33.1 Å². The molecule has 0 radical (unpaired) electrons. The second-order valence-corrected chi connectivity index (χ2v) is 5.37. The summed E-state index contributed by atoms with van der Waals surface area (Å²) >= 11 is 0. The molecule has 1 heterocycles. The van der Waals surface area contributed by atoms with E-state index in [1.54, 1.807) is 24.7 Å². The molecule has 0 spiro atoms. The predicted molar refractivity (Wildman–Crippen MR) is 68.4 cm³/mol. The molecule has 0 saturated carbocycles. The number of hydrogen-bond donors (Lipinski definition) is 2. The topological polar surface area (TPSA) is 97.1 Å². The summed E-state index contributed by atoms with van der Waals surface area (Å²) in [4.78, 5) is 22.4. The van der Waals surface area contributed by atoms with Crippen LogP contribution in [0.1, 0.15) is 32.5 Å². The zero-order valence-electron chi connectivity index (χ0n) is 11.5. The molecule has 0 fully saturated rings. The Balaban J connectivity index is 2.32. The van der Waals surface area contributed by atoms with E-state index in [2.05, 4.69) is 15.5 Å². The highest BCUT2D eigenvalue weighted by Gasteiger charge is 2.24. The third kappa shape index (κ3) is 5.50. The zero-order valence-corrected chi connectivity index (χ0v) is 11.5. The van der Waals surface area contributed by atoms with Gasteiger partial charge in [-0.3, -0.25) is 9.59 Å². The SMILES string of the molecule is Cn1cnnc1CCNC(=O)CC(C)(C)CC(=O)O. The molecule has 1 aromatic rings. The first-order chi connectivity index (χ1) is 8.80. The molecule has 0 unspecified atom stereocenters. The third-order valence-electron chi connectivity index (χ3n) is 2.74. The lowest BCUT2D eigenvalue weighted by molar-refractivity contribution is -0.139. The van der Waals surface area contributed by atoms with E-state index in [0.717, 1.165) is 5.82 Å². The number of carbonyl (C=O) groups excluding carboxylic acids is 1. The Morgan fingerprint density at radius 2 is 2.11 bits per heavy atom. The predicted octanol–water partition coefficient (Wildman–Crippen LogP) is 0.365. The van der Waals surface area contributed by atoms with E-state index in [1.165, 1.54) is 0 Å². The van der Waals surface area contributed by atoms with Gasteiger partial charge >= 0.3 is 5.97 Å². The number of rotatable bonds is 7. The molecule has 0 aliphatic rings. The number of nitrogens with zero attached hydrogens (tertiary/aromatic N) is 3. The van der Waals surface area contributed by atoms with Gasteiger partial charge in [-0.15, -0.1) is 10.2 Å². The van der Waals surface area contributed by atoms with Gasteiger partial charge in [0.1, 0.15) is 12.2 Å². The van der Waals surface area contributed by atoms with Gasteiger partial charge in [0.15, 0.2) is 0 Å². The van der Waals surface area contributed by atoms with Crippen LogP contribution in [-0.2, 0) is 23.1 Å². The molecule has 1 amide bonds. The minimum Gasteiger partial charge on any atom is -0.481 e. The number of aromatic nitrogens is 3. The summed E-state index contributed by atoms with van der Waals surface area (Å²) in [6.45, 7) is 4.00. The molecule has 7 nitrogen and oxygen atoms in total. The Bertz CT molecular complexity index is 454. The first-order valence-corrected chi connectivity index (χ1v) is 6.11. The Hall–Kier alpha value is -1.92. The van der Waals surface area contributed by atoms with E-state index in [1.807, 2.05) is 7.05 Å². The summed E-state index contributed by atoms with van der Waals surface area (Å²) in [7, 11) is 1.84. The van der Waals surface area contributed by atoms with E-state index in [4.69, 9.17) is 5.11 Å². The van der Waals surface area contributed by atoms with Gasteiger partial charge in [-0.05, 0) is 5.41 Å². The molecule has 7 heteroatoms. The van der Waals surface area contributed by atoms with Crippen LogP contribution in [0.15, 0.2) is 6.33 Å². The fourth-order valence-electron chi connectivity index (χ4n) is 1.82. The van der Waals surface area contributed by atoms with Crippen LogP contribution in [0, 0.1) is 5.41 Å². The Kier molecular flexibility index (Phi) is 5.02. The maximum absolute atomic E-state index is 11.7. The first kappa shape index (κ1) is 15.1. The number of carboxylic acids is 1. The molecule has 0 aliphatic heterocycles. The van der Waals surface area contributed by atoms with Gasteiger partial charge in [0.25, 0.3) is 0 Å². The summed E-state index contributed by atoms with van der Waals surface area (Å²) < 4.78 is 1.79. The van der Waals surface area contributed by atoms with E-state index >= 15 is 0 Å². The van der Waals surface area contributed by atoms with Crippen molar-refractivity contribution in [3.05, 3.63) is 12.2 Å². The summed E-state index contributed by atoms with van der Waals surface area (Å²) in [5.41, 5.74) is -0.541. The number of amides is 1. The molecule has 1 aromatic heterocycles. The minimum atomic E-state index is -0.892. The average Bonchev–Trinajstić information content (AvgIpc) is 2.61. The monoisotopic (exact) mass is 268 g/mol. The van der Waals surface area contributed by atoms with Crippen LogP contribution in [0.3, 0.4) is 0 Å². The molecule has 106 valence electrons. The highest BCUT2D eigenvalue weighted by atomic mass is 16.4. The number of hydrogen-bond acceptors (Lipinski definition) is 4. The van der Waals surface area contributed by atoms with Crippen molar-refractivity contribution in [1.82, 2.24) is 20.1 Å². The Labute approximate surface area is 112 Å². The second-order valence-electron chi connectivity index (χ2n) is 5.37. The molecule has 2 N–H and O–H groups in total. The van der Waals surface area contributed by atoms with Gasteiger partial charge < -0.3 is 15.0 Å². The molecule has 1 rings (SSSR count). The van der Waals surface area contributed by atoms with Gasteiger partial charge in [0.2, 0.25) is 5.91 Å². The second kappa shape index (κ2) is 6.31. The molecular formula is C12H20N4O3. The first-order valence-electron chi connectivity index (χ1n) is 6.11. The van der Waals surface area contributed by atoms with Gasteiger partial charge in [0.05, 0.1) is 6.42 Å². The number of aliphatic carboxylic acids is 1. The fourth-order valence-corrected chi connectivity index (χ4v) is 1.82. The van der Waals surface area contributed by atoms with Crippen molar-refractivity contribution in [3.8, 4) is 0 Å². The van der Waals surface area contributed by atoms with Crippen molar-refractivity contribution in [3.63, 3.8) is 0 Å². The van der Waals surface area contributed by atoms with Crippen LogP contribution in [0.25, 0.3) is 0 Å². The maximum atomic E-state index is 11.7. The summed E-state index contributed by atoms with van der Waals surface area (Å²) in [5, 5.41) is 19.2. The number of carboxylic acid groups (broad SMARTS) is 1. The molecule has 0 saturated heterocycles. The number of nitrogens with one attached hydrogen (secondary N) is 1. The minimum absolute atomic E-state index is 0.0241. The van der Waals surface area contributed by atoms with Gasteiger partial charge in [-0.2, -0.15) is 0 Å². The van der Waals surface area contributed by atoms with E-state index < -0.39 is 11.4 Å². The van der Waals surface area contributed by atoms with Gasteiger partial charge in [-0.1, -0.05) is 13.8 Å². The van der Waals surface area contributed by atoms with Crippen LogP contribution in [0.2, 0.25) is 0 Å². The van der Waals surface area contributed by atoms with Crippen molar-refractivity contribution in [2.24, 2.45) is 12.5 Å². The summed E-state index contributed by atoms with van der Waals surface area (Å²) in [5.74, 6) is -0.240. The van der Waals surface area contributed by atoms with E-state index in [0.29, 0.717) is 13.0 Å². The quantitative estimate of drug-likeness (QED) is 0.744. The normalized spacial score (nSPS) is 11.3. The fraction of sp³-hybridized carbons (Fsp3) is 0.667. The van der Waals surface area contributed by atoms with Gasteiger partial charge in [0, 0.05) is 26.4 Å². The van der Waals surface area contributed by atoms with Crippen LogP contribution in [-0.4, -0.2) is 38.3 Å². The highest BCUT2D eigenvalue weighted by Crippen LogP contribution is 2.24. The van der Waals surface area contributed by atoms with E-state index in [9.17, 15) is 9.59 Å². The number of aryl methyl sites for hydroxylation is 1. The van der Waals surface area contributed by atoms with E-state index in [-0.39, 0.29) is 18.7 Å². The number of carbonyl (C=O) groups is 2. The lowest BCUT2D eigenvalue weighted by Gasteiger charge is -2.21. The van der Waals surface area contributed by atoms with Crippen LogP contribution in [0.5, 0.6) is 0 Å². The molecular weight excluding hydrogens is 248 g/mol. The van der Waals surface area contributed by atoms with Crippen molar-refractivity contribution in [1.29, 1.82) is 0 Å². The van der Waals surface area contributed by atoms with Crippen molar-refractivity contribution >= 4 is 11.9 Å². The van der Waals surface area contributed by atoms with Gasteiger partial charge in [-0.25, -0.2) is 0 Å². The smallest absolute Gasteiger partial charge is 0.303 e. The Morgan fingerprint density at radius 1 is 1.42 bits per heavy atom. The summed E-state index contributed by atoms with van der Waals surface area (Å²) in [6, 6.07) is 0. The molecule has 19 heavy (non-hydrogen) atoms. The summed E-state index contributed by atoms with van der Waals surface area (Å²) in [6.07, 6.45) is 2.37. The van der Waals surface area contributed by atoms with Crippen molar-refractivity contribution < 1.29 is 14.7 Å². The molecule has 0 atom stereocenters. The largest absolute Gasteiger partial charge is 0.481 e. The average molecular weight is 268 g/mol. The zero-order chi connectivity index (χ0) is 14.5. The lowest BCUT2D eigenvalue weighted by atomic mass is 9.85. The van der Waals surface area contributed by atoms with Crippen LogP contribution >= 0.6 is 0 Å². The molecule has 0 aromatic carbocycles. The van der Waals surface area contributed by atoms with Crippen LogP contribution in [0.4, 0.5) is 0 Å². The third-order valence-corrected chi connectivity index (χ3v) is 2.74. The maximum Gasteiger partial charge on any atom is 0.303 e. The molecule has 0 aliphatic carbocycles. The standard InChI is InChI=1S/C12H20N4O3/c1-12(2,7-11(18)19)6-10(17)13-5-4-9-15-14-8-16(9)3/h8H,4-7H2,1-3H3,(H,13,17)(H,18,19). The van der Waals surface area contributed by atoms with Crippen LogP contribution < -0.4 is 5.32 Å². The highest BCUT2D eigenvalue weighted by molar-refractivity contribution is 5.77. The molecule has 0 bridgehead atoms.